The van der Waals surface area contributed by atoms with Crippen molar-refractivity contribution in [2.24, 2.45) is 5.92 Å². The molecule has 1 heterocycles. The predicted molar refractivity (Wildman–Crippen MR) is 64.8 cm³/mol. The Hall–Kier alpha value is -1.49. The molecule has 0 fully saturated rings. The molecule has 0 atom stereocenters. The second kappa shape index (κ2) is 6.96. The molecule has 0 radical (unpaired) electrons. The monoisotopic (exact) mass is 237 g/mol. The third-order valence-corrected chi connectivity index (χ3v) is 2.45. The molecule has 1 aromatic rings. The SMILES string of the molecule is CC(C)CCCNCc1ncncc1C(=O)O. The minimum atomic E-state index is -0.982. The number of hydrogen-bond donors (Lipinski definition) is 2. The lowest BCUT2D eigenvalue weighted by atomic mass is 10.1. The highest BCUT2D eigenvalue weighted by Crippen LogP contribution is 2.04. The van der Waals surface area contributed by atoms with Gasteiger partial charge in [0.2, 0.25) is 0 Å². The molecule has 94 valence electrons. The van der Waals surface area contributed by atoms with Crippen molar-refractivity contribution in [1.82, 2.24) is 15.3 Å². The molecule has 5 heteroatoms. The fourth-order valence-corrected chi connectivity index (χ4v) is 1.52. The second-order valence-electron chi connectivity index (χ2n) is 4.40. The first-order valence-corrected chi connectivity index (χ1v) is 5.84. The summed E-state index contributed by atoms with van der Waals surface area (Å²) in [5.74, 6) is -0.282. The Kier molecular flexibility index (Phi) is 5.56. The maximum absolute atomic E-state index is 10.9. The lowest BCUT2D eigenvalue weighted by Crippen LogP contribution is -2.18. The molecule has 0 amide bonds. The van der Waals surface area contributed by atoms with E-state index >= 15 is 0 Å². The Morgan fingerprint density at radius 1 is 1.53 bits per heavy atom. The molecule has 0 bridgehead atoms. The summed E-state index contributed by atoms with van der Waals surface area (Å²) in [5.41, 5.74) is 0.709. The van der Waals surface area contributed by atoms with Crippen LogP contribution in [0.3, 0.4) is 0 Å². The molecule has 0 aliphatic rings. The number of aromatic carboxylic acids is 1. The van der Waals surface area contributed by atoms with E-state index in [-0.39, 0.29) is 5.56 Å². The molecule has 0 unspecified atom stereocenters. The summed E-state index contributed by atoms with van der Waals surface area (Å²) < 4.78 is 0. The molecular weight excluding hydrogens is 218 g/mol. The third kappa shape index (κ3) is 4.91. The first kappa shape index (κ1) is 13.6. The van der Waals surface area contributed by atoms with Crippen molar-refractivity contribution in [2.45, 2.75) is 33.2 Å². The van der Waals surface area contributed by atoms with Crippen LogP contribution < -0.4 is 5.32 Å². The van der Waals surface area contributed by atoms with Gasteiger partial charge in [0.25, 0.3) is 0 Å². The fourth-order valence-electron chi connectivity index (χ4n) is 1.52. The van der Waals surface area contributed by atoms with E-state index in [2.05, 4.69) is 29.1 Å². The van der Waals surface area contributed by atoms with Crippen molar-refractivity contribution < 1.29 is 9.90 Å². The number of hydrogen-bond acceptors (Lipinski definition) is 4. The van der Waals surface area contributed by atoms with E-state index in [0.717, 1.165) is 13.0 Å². The summed E-state index contributed by atoms with van der Waals surface area (Å²) >= 11 is 0. The number of carboxylic acids is 1. The topological polar surface area (TPSA) is 75.1 Å². The van der Waals surface area contributed by atoms with Gasteiger partial charge in [-0.15, -0.1) is 0 Å². The van der Waals surface area contributed by atoms with Crippen molar-refractivity contribution in [2.75, 3.05) is 6.54 Å². The van der Waals surface area contributed by atoms with Crippen molar-refractivity contribution in [3.63, 3.8) is 0 Å². The molecule has 0 saturated carbocycles. The summed E-state index contributed by atoms with van der Waals surface area (Å²) in [4.78, 5) is 18.6. The average Bonchev–Trinajstić information content (AvgIpc) is 2.28. The maximum atomic E-state index is 10.9. The largest absolute Gasteiger partial charge is 0.478 e. The highest BCUT2D eigenvalue weighted by molar-refractivity contribution is 5.88. The zero-order valence-corrected chi connectivity index (χ0v) is 10.3. The molecule has 0 aliphatic carbocycles. The van der Waals surface area contributed by atoms with Crippen LogP contribution in [0.2, 0.25) is 0 Å². The van der Waals surface area contributed by atoms with E-state index in [4.69, 9.17) is 5.11 Å². The summed E-state index contributed by atoms with van der Waals surface area (Å²) in [6.45, 7) is 5.73. The van der Waals surface area contributed by atoms with Crippen molar-refractivity contribution >= 4 is 5.97 Å². The van der Waals surface area contributed by atoms with Crippen molar-refractivity contribution in [3.05, 3.63) is 23.8 Å². The molecule has 0 saturated heterocycles. The van der Waals surface area contributed by atoms with E-state index in [0.29, 0.717) is 18.2 Å². The van der Waals surface area contributed by atoms with Crippen LogP contribution in [0.1, 0.15) is 42.7 Å². The van der Waals surface area contributed by atoms with Crippen LogP contribution in [0.4, 0.5) is 0 Å². The minimum absolute atomic E-state index is 0.170. The highest BCUT2D eigenvalue weighted by Gasteiger charge is 2.10. The number of aromatic nitrogens is 2. The zero-order valence-electron chi connectivity index (χ0n) is 10.3. The number of carbonyl (C=O) groups is 1. The van der Waals surface area contributed by atoms with Crippen LogP contribution in [-0.4, -0.2) is 27.6 Å². The number of rotatable bonds is 7. The standard InChI is InChI=1S/C12H19N3O2/c1-9(2)4-3-5-13-7-11-10(12(16)17)6-14-8-15-11/h6,8-9,13H,3-5,7H2,1-2H3,(H,16,17). The van der Waals surface area contributed by atoms with E-state index in [1.807, 2.05) is 0 Å². The lowest BCUT2D eigenvalue weighted by molar-refractivity contribution is 0.0694. The Labute approximate surface area is 101 Å². The van der Waals surface area contributed by atoms with Gasteiger partial charge in [-0.1, -0.05) is 13.8 Å². The van der Waals surface area contributed by atoms with Gasteiger partial charge in [-0.25, -0.2) is 14.8 Å². The quantitative estimate of drug-likeness (QED) is 0.706. The predicted octanol–water partition coefficient (Wildman–Crippen LogP) is 1.70. The van der Waals surface area contributed by atoms with Gasteiger partial charge in [0, 0.05) is 12.7 Å². The van der Waals surface area contributed by atoms with Gasteiger partial charge in [-0.3, -0.25) is 0 Å². The first-order valence-electron chi connectivity index (χ1n) is 5.84. The highest BCUT2D eigenvalue weighted by atomic mass is 16.4. The molecule has 0 aliphatic heterocycles. The Morgan fingerprint density at radius 3 is 2.94 bits per heavy atom. The van der Waals surface area contributed by atoms with E-state index in [1.54, 1.807) is 0 Å². The molecule has 5 nitrogen and oxygen atoms in total. The van der Waals surface area contributed by atoms with Crippen molar-refractivity contribution in [3.8, 4) is 0 Å². The van der Waals surface area contributed by atoms with E-state index < -0.39 is 5.97 Å². The van der Waals surface area contributed by atoms with Gasteiger partial charge in [0.1, 0.15) is 11.9 Å². The summed E-state index contributed by atoms with van der Waals surface area (Å²) in [6.07, 6.45) is 4.96. The van der Waals surface area contributed by atoms with E-state index in [1.165, 1.54) is 18.9 Å². The Morgan fingerprint density at radius 2 is 2.29 bits per heavy atom. The van der Waals surface area contributed by atoms with Crippen LogP contribution in [0.15, 0.2) is 12.5 Å². The molecular formula is C12H19N3O2. The summed E-state index contributed by atoms with van der Waals surface area (Å²) in [5, 5.41) is 12.1. The number of carboxylic acid groups (broad SMARTS) is 1. The molecule has 0 aromatic carbocycles. The van der Waals surface area contributed by atoms with Crippen LogP contribution in [0.5, 0.6) is 0 Å². The second-order valence-corrected chi connectivity index (χ2v) is 4.40. The van der Waals surface area contributed by atoms with Gasteiger partial charge in [0.15, 0.2) is 0 Å². The van der Waals surface area contributed by atoms with Gasteiger partial charge in [0.05, 0.1) is 5.69 Å². The van der Waals surface area contributed by atoms with Crippen LogP contribution in [0.25, 0.3) is 0 Å². The Balaban J connectivity index is 2.39. The van der Waals surface area contributed by atoms with E-state index in [9.17, 15) is 4.79 Å². The molecule has 17 heavy (non-hydrogen) atoms. The fraction of sp³-hybridized carbons (Fsp3) is 0.583. The maximum Gasteiger partial charge on any atom is 0.339 e. The normalized spacial score (nSPS) is 10.8. The third-order valence-electron chi connectivity index (χ3n) is 2.45. The van der Waals surface area contributed by atoms with Crippen molar-refractivity contribution in [1.29, 1.82) is 0 Å². The van der Waals surface area contributed by atoms with Crippen LogP contribution >= 0.6 is 0 Å². The summed E-state index contributed by atoms with van der Waals surface area (Å²) in [7, 11) is 0. The lowest BCUT2D eigenvalue weighted by Gasteiger charge is -2.07. The molecule has 0 spiro atoms. The molecule has 1 aromatic heterocycles. The van der Waals surface area contributed by atoms with Crippen LogP contribution in [0, 0.1) is 5.92 Å². The molecule has 1 rings (SSSR count). The number of nitrogens with zero attached hydrogens (tertiary/aromatic N) is 2. The van der Waals surface area contributed by atoms with Gasteiger partial charge in [-0.05, 0) is 25.3 Å². The summed E-state index contributed by atoms with van der Waals surface area (Å²) in [6, 6.07) is 0. The minimum Gasteiger partial charge on any atom is -0.478 e. The first-order chi connectivity index (χ1) is 8.11. The number of nitrogens with one attached hydrogen (secondary N) is 1. The average molecular weight is 237 g/mol. The Bertz CT molecular complexity index is 367. The molecule has 2 N–H and O–H groups in total. The van der Waals surface area contributed by atoms with Gasteiger partial charge >= 0.3 is 5.97 Å². The zero-order chi connectivity index (χ0) is 12.7. The van der Waals surface area contributed by atoms with Gasteiger partial charge < -0.3 is 10.4 Å². The van der Waals surface area contributed by atoms with Gasteiger partial charge in [-0.2, -0.15) is 0 Å². The smallest absolute Gasteiger partial charge is 0.339 e. The van der Waals surface area contributed by atoms with Crippen LogP contribution in [-0.2, 0) is 6.54 Å².